The van der Waals surface area contributed by atoms with Gasteiger partial charge in [-0.3, -0.25) is 0 Å². The molecule has 3 rings (SSSR count). The molecule has 1 fully saturated rings. The highest BCUT2D eigenvalue weighted by atomic mass is 16.3. The van der Waals surface area contributed by atoms with Crippen molar-refractivity contribution >= 4 is 11.8 Å². The second-order valence-electron chi connectivity index (χ2n) is 6.05. The number of nitrogens with one attached hydrogen (secondary N) is 1. The van der Waals surface area contributed by atoms with Gasteiger partial charge in [-0.05, 0) is 24.8 Å². The molecule has 1 aliphatic heterocycles. The van der Waals surface area contributed by atoms with Gasteiger partial charge in [0.25, 0.3) is 0 Å². The van der Waals surface area contributed by atoms with E-state index in [2.05, 4.69) is 43.3 Å². The zero-order valence-corrected chi connectivity index (χ0v) is 16.1. The van der Waals surface area contributed by atoms with Crippen LogP contribution in [-0.2, 0) is 0 Å². The van der Waals surface area contributed by atoms with Gasteiger partial charge in [0.05, 0.1) is 0 Å². The van der Waals surface area contributed by atoms with E-state index < -0.39 is 0 Å². The first-order valence-electron chi connectivity index (χ1n) is 9.28. The van der Waals surface area contributed by atoms with Gasteiger partial charge in [-0.2, -0.15) is 4.98 Å². The summed E-state index contributed by atoms with van der Waals surface area (Å²) < 4.78 is 0. The van der Waals surface area contributed by atoms with Crippen molar-refractivity contribution in [1.82, 2.24) is 19.9 Å². The van der Waals surface area contributed by atoms with E-state index in [0.717, 1.165) is 42.9 Å². The van der Waals surface area contributed by atoms with Crippen LogP contribution in [0.3, 0.4) is 0 Å². The number of nitrogens with zero attached hydrogens (tertiary/aromatic N) is 5. The van der Waals surface area contributed by atoms with Crippen LogP contribution in [0.4, 0.5) is 11.8 Å². The van der Waals surface area contributed by atoms with E-state index in [4.69, 9.17) is 0 Å². The van der Waals surface area contributed by atoms with Crippen LogP contribution in [0, 0.1) is 5.92 Å². The molecule has 27 heavy (non-hydrogen) atoms. The SMILES string of the molecule is C=CC(=C)Nc1ncc(-c2cncnc2)c(N2CCCC(CO)C2)n1.CC. The molecule has 7 nitrogen and oxygen atoms in total. The van der Waals surface area contributed by atoms with Crippen molar-refractivity contribution in [3.05, 3.63) is 49.8 Å². The van der Waals surface area contributed by atoms with Crippen LogP contribution < -0.4 is 10.2 Å². The number of hydrogen-bond acceptors (Lipinski definition) is 7. The summed E-state index contributed by atoms with van der Waals surface area (Å²) in [5.41, 5.74) is 2.36. The second-order valence-corrected chi connectivity index (χ2v) is 6.05. The number of aliphatic hydroxyl groups is 1. The summed E-state index contributed by atoms with van der Waals surface area (Å²) >= 11 is 0. The fraction of sp³-hybridized carbons (Fsp3) is 0.400. The molecule has 0 radical (unpaired) electrons. The summed E-state index contributed by atoms with van der Waals surface area (Å²) in [6, 6.07) is 0. The Morgan fingerprint density at radius 2 is 2.07 bits per heavy atom. The maximum atomic E-state index is 9.53. The highest BCUT2D eigenvalue weighted by Gasteiger charge is 2.23. The van der Waals surface area contributed by atoms with Gasteiger partial charge in [0.15, 0.2) is 0 Å². The lowest BCUT2D eigenvalue weighted by Crippen LogP contribution is -2.37. The Morgan fingerprint density at radius 1 is 1.33 bits per heavy atom. The molecule has 0 spiro atoms. The van der Waals surface area contributed by atoms with Crippen LogP contribution in [-0.4, -0.2) is 44.7 Å². The molecule has 0 saturated carbocycles. The monoisotopic (exact) mass is 368 g/mol. The van der Waals surface area contributed by atoms with Crippen LogP contribution in [0.2, 0.25) is 0 Å². The van der Waals surface area contributed by atoms with Crippen LogP contribution >= 0.6 is 0 Å². The van der Waals surface area contributed by atoms with E-state index in [9.17, 15) is 5.11 Å². The van der Waals surface area contributed by atoms with Crippen LogP contribution in [0.1, 0.15) is 26.7 Å². The first-order chi connectivity index (χ1) is 13.2. The highest BCUT2D eigenvalue weighted by molar-refractivity contribution is 5.75. The highest BCUT2D eigenvalue weighted by Crippen LogP contribution is 2.31. The average molecular weight is 368 g/mol. The molecule has 7 heteroatoms. The Balaban J connectivity index is 0.00000126. The molecular weight excluding hydrogens is 340 g/mol. The molecule has 0 amide bonds. The third-order valence-corrected chi connectivity index (χ3v) is 4.24. The molecule has 0 aliphatic carbocycles. The van der Waals surface area contributed by atoms with E-state index >= 15 is 0 Å². The van der Waals surface area contributed by atoms with E-state index in [0.29, 0.717) is 11.6 Å². The predicted octanol–water partition coefficient (Wildman–Crippen LogP) is 3.28. The van der Waals surface area contributed by atoms with Gasteiger partial charge in [0, 0.05) is 55.1 Å². The van der Waals surface area contributed by atoms with Crippen molar-refractivity contribution in [2.24, 2.45) is 5.92 Å². The van der Waals surface area contributed by atoms with Gasteiger partial charge in [-0.25, -0.2) is 15.0 Å². The number of hydrogen-bond donors (Lipinski definition) is 2. The Morgan fingerprint density at radius 3 is 2.74 bits per heavy atom. The largest absolute Gasteiger partial charge is 0.396 e. The molecule has 3 heterocycles. The molecular formula is C20H28N6O. The fourth-order valence-corrected chi connectivity index (χ4v) is 2.92. The topological polar surface area (TPSA) is 87.1 Å². The third-order valence-electron chi connectivity index (χ3n) is 4.24. The van der Waals surface area contributed by atoms with Crippen LogP contribution in [0.25, 0.3) is 11.1 Å². The number of aromatic nitrogens is 4. The molecule has 1 aliphatic rings. The molecule has 1 saturated heterocycles. The standard InChI is InChI=1S/C18H22N6O.C2H6/c1-3-13(2)22-18-21-9-16(15-7-19-12-20-8-15)17(23-18)24-6-4-5-14(10-24)11-25;1-2/h3,7-9,12,14,25H,1-2,4-6,10-11H2,(H,21,22,23);1-2H3. The number of rotatable bonds is 6. The lowest BCUT2D eigenvalue weighted by molar-refractivity contribution is 0.208. The predicted molar refractivity (Wildman–Crippen MR) is 109 cm³/mol. The summed E-state index contributed by atoms with van der Waals surface area (Å²) in [7, 11) is 0. The maximum Gasteiger partial charge on any atom is 0.229 e. The van der Waals surface area contributed by atoms with Gasteiger partial charge >= 0.3 is 0 Å². The normalized spacial score (nSPS) is 16.1. The Labute approximate surface area is 160 Å². The summed E-state index contributed by atoms with van der Waals surface area (Å²) in [4.78, 5) is 19.4. The van der Waals surface area contributed by atoms with E-state index in [1.165, 1.54) is 6.33 Å². The minimum Gasteiger partial charge on any atom is -0.396 e. The van der Waals surface area contributed by atoms with Crippen molar-refractivity contribution in [2.45, 2.75) is 26.7 Å². The van der Waals surface area contributed by atoms with Gasteiger partial charge in [-0.15, -0.1) is 0 Å². The van der Waals surface area contributed by atoms with E-state index in [1.54, 1.807) is 24.7 Å². The summed E-state index contributed by atoms with van der Waals surface area (Å²) in [6.45, 7) is 13.4. The van der Waals surface area contributed by atoms with Crippen molar-refractivity contribution in [1.29, 1.82) is 0 Å². The Hall–Kier alpha value is -2.80. The quantitative estimate of drug-likeness (QED) is 0.757. The fourth-order valence-electron chi connectivity index (χ4n) is 2.92. The van der Waals surface area contributed by atoms with E-state index in [-0.39, 0.29) is 12.5 Å². The minimum atomic E-state index is 0.184. The average Bonchev–Trinajstić information content (AvgIpc) is 2.75. The molecule has 144 valence electrons. The number of aliphatic hydroxyl groups excluding tert-OH is 1. The maximum absolute atomic E-state index is 9.53. The van der Waals surface area contributed by atoms with Gasteiger partial charge in [0.2, 0.25) is 5.95 Å². The van der Waals surface area contributed by atoms with Gasteiger partial charge in [-0.1, -0.05) is 27.0 Å². The lowest BCUT2D eigenvalue weighted by atomic mass is 9.98. The van der Waals surface area contributed by atoms with Crippen LogP contribution in [0.5, 0.6) is 0 Å². The van der Waals surface area contributed by atoms with Crippen LogP contribution in [0.15, 0.2) is 49.8 Å². The summed E-state index contributed by atoms with van der Waals surface area (Å²) in [5, 5.41) is 12.6. The summed E-state index contributed by atoms with van der Waals surface area (Å²) in [6.07, 6.45) is 10.4. The molecule has 1 atom stereocenters. The zero-order chi connectivity index (χ0) is 19.6. The smallest absolute Gasteiger partial charge is 0.229 e. The van der Waals surface area contributed by atoms with Gasteiger partial charge < -0.3 is 15.3 Å². The number of anilines is 2. The second kappa shape index (κ2) is 10.4. The minimum absolute atomic E-state index is 0.184. The molecule has 0 bridgehead atoms. The first kappa shape index (κ1) is 20.5. The zero-order valence-electron chi connectivity index (χ0n) is 16.1. The van der Waals surface area contributed by atoms with Crippen molar-refractivity contribution in [2.75, 3.05) is 29.9 Å². The Bertz CT molecular complexity index is 749. The molecule has 2 N–H and O–H groups in total. The van der Waals surface area contributed by atoms with Gasteiger partial charge in [0.1, 0.15) is 12.1 Å². The number of piperidine rings is 1. The first-order valence-corrected chi connectivity index (χ1v) is 9.28. The Kier molecular flexibility index (Phi) is 7.88. The van der Waals surface area contributed by atoms with Crippen molar-refractivity contribution in [3.8, 4) is 11.1 Å². The molecule has 2 aromatic rings. The molecule has 0 aromatic carbocycles. The molecule has 2 aromatic heterocycles. The number of allylic oxidation sites excluding steroid dienone is 1. The van der Waals surface area contributed by atoms with E-state index in [1.807, 2.05) is 13.8 Å². The third kappa shape index (κ3) is 5.34. The van der Waals surface area contributed by atoms with Crippen molar-refractivity contribution in [3.63, 3.8) is 0 Å². The molecule has 1 unspecified atom stereocenters. The lowest BCUT2D eigenvalue weighted by Gasteiger charge is -2.33. The van der Waals surface area contributed by atoms with Crippen molar-refractivity contribution < 1.29 is 5.11 Å². The summed E-state index contributed by atoms with van der Waals surface area (Å²) in [5.74, 6) is 1.53.